The van der Waals surface area contributed by atoms with E-state index in [0.29, 0.717) is 50.9 Å². The predicted octanol–water partition coefficient (Wildman–Crippen LogP) is 5.88. The molecule has 0 spiro atoms. The van der Waals surface area contributed by atoms with Gasteiger partial charge in [0.15, 0.2) is 0 Å². The molecule has 0 aliphatic carbocycles. The highest BCUT2D eigenvalue weighted by Crippen LogP contribution is 2.31. The minimum Gasteiger partial charge on any atom is -0.357 e. The van der Waals surface area contributed by atoms with Gasteiger partial charge in [0.25, 0.3) is 5.56 Å². The number of halogens is 1. The number of anilines is 3. The number of aromatic nitrogens is 5. The quantitative estimate of drug-likeness (QED) is 0.242. The number of benzene rings is 2. The van der Waals surface area contributed by atoms with E-state index in [2.05, 4.69) is 30.9 Å². The summed E-state index contributed by atoms with van der Waals surface area (Å²) in [5.74, 6) is 0.356. The molecule has 0 radical (unpaired) electrons. The molecule has 0 unspecified atom stereocenters. The van der Waals surface area contributed by atoms with E-state index in [1.165, 1.54) is 16.7 Å². The zero-order valence-electron chi connectivity index (χ0n) is 24.2. The Bertz CT molecular complexity index is 1880. The molecule has 0 atom stereocenters. The van der Waals surface area contributed by atoms with E-state index in [1.807, 2.05) is 51.1 Å². The molecule has 0 aliphatic heterocycles. The van der Waals surface area contributed by atoms with E-state index in [1.54, 1.807) is 39.5 Å². The first-order valence-corrected chi connectivity index (χ1v) is 13.3. The first kappa shape index (κ1) is 28.3. The highest BCUT2D eigenvalue weighted by Gasteiger charge is 2.21. The lowest BCUT2D eigenvalue weighted by molar-refractivity contribution is 0.262. The van der Waals surface area contributed by atoms with Crippen LogP contribution in [0.1, 0.15) is 32.2 Å². The van der Waals surface area contributed by atoms with Gasteiger partial charge in [0, 0.05) is 42.2 Å². The Morgan fingerprint density at radius 1 is 0.929 bits per heavy atom. The fourth-order valence-electron chi connectivity index (χ4n) is 4.55. The Hall–Kier alpha value is -5.19. The van der Waals surface area contributed by atoms with Crippen molar-refractivity contribution in [1.29, 1.82) is 0 Å². The Morgan fingerprint density at radius 2 is 1.64 bits per heavy atom. The number of urea groups is 1. The summed E-state index contributed by atoms with van der Waals surface area (Å²) in [4.78, 5) is 44.3. The van der Waals surface area contributed by atoms with Crippen molar-refractivity contribution < 1.29 is 9.18 Å². The molecule has 11 heteroatoms. The molecule has 3 N–H and O–H groups in total. The summed E-state index contributed by atoms with van der Waals surface area (Å²) in [6, 6.07) is 13.1. The minimum atomic E-state index is -0.688. The highest BCUT2D eigenvalue weighted by atomic mass is 19.1. The zero-order valence-corrected chi connectivity index (χ0v) is 24.2. The lowest BCUT2D eigenvalue weighted by atomic mass is 9.95. The van der Waals surface area contributed by atoms with E-state index in [9.17, 15) is 9.59 Å². The van der Waals surface area contributed by atoms with Crippen LogP contribution in [0.4, 0.5) is 26.5 Å². The molecule has 214 valence electrons. The number of carbonyl (C=O) groups is 1. The predicted molar refractivity (Wildman–Crippen MR) is 163 cm³/mol. The largest absolute Gasteiger partial charge is 0.357 e. The van der Waals surface area contributed by atoms with Gasteiger partial charge in [-0.2, -0.15) is 4.98 Å². The lowest BCUT2D eigenvalue weighted by Gasteiger charge is -2.19. The summed E-state index contributed by atoms with van der Waals surface area (Å²) in [5.41, 5.74) is 2.74. The van der Waals surface area contributed by atoms with Crippen LogP contribution in [0.3, 0.4) is 0 Å². The molecule has 0 aliphatic rings. The number of nitrogens with zero attached hydrogens (tertiary/aromatic N) is 5. The maximum atomic E-state index is 15.1. The van der Waals surface area contributed by atoms with Gasteiger partial charge in [0.2, 0.25) is 5.95 Å². The molecule has 42 heavy (non-hydrogen) atoms. The molecule has 2 aromatic carbocycles. The summed E-state index contributed by atoms with van der Waals surface area (Å²) < 4.78 is 16.5. The summed E-state index contributed by atoms with van der Waals surface area (Å²) in [5, 5.41) is 8.84. The fourth-order valence-corrected chi connectivity index (χ4v) is 4.55. The molecular weight excluding hydrogens is 535 g/mol. The van der Waals surface area contributed by atoms with Crippen molar-refractivity contribution >= 4 is 34.4 Å². The number of aryl methyl sites for hydroxylation is 2. The van der Waals surface area contributed by atoms with Crippen molar-refractivity contribution in [2.45, 2.75) is 33.1 Å². The van der Waals surface area contributed by atoms with E-state index >= 15 is 4.39 Å². The van der Waals surface area contributed by atoms with E-state index in [0.717, 1.165) is 5.56 Å². The van der Waals surface area contributed by atoms with Crippen LogP contribution in [0, 0.1) is 12.7 Å². The van der Waals surface area contributed by atoms with Gasteiger partial charge in [-0.05, 0) is 36.2 Å². The van der Waals surface area contributed by atoms with Crippen LogP contribution in [0.5, 0.6) is 0 Å². The van der Waals surface area contributed by atoms with Gasteiger partial charge >= 0.3 is 6.03 Å². The molecular formula is C31H31FN8O2. The van der Waals surface area contributed by atoms with Gasteiger partial charge in [-0.15, -0.1) is 0 Å². The number of hydrogen-bond donors (Lipinski definition) is 3. The van der Waals surface area contributed by atoms with Crippen LogP contribution in [0.2, 0.25) is 0 Å². The van der Waals surface area contributed by atoms with Gasteiger partial charge in [-0.3, -0.25) is 9.36 Å². The first-order chi connectivity index (χ1) is 20.0. The Labute approximate surface area is 242 Å². The third-order valence-electron chi connectivity index (χ3n) is 6.78. The van der Waals surface area contributed by atoms with Crippen molar-refractivity contribution in [3.8, 4) is 22.4 Å². The van der Waals surface area contributed by atoms with Gasteiger partial charge < -0.3 is 16.0 Å². The minimum absolute atomic E-state index is 0.0921. The molecule has 0 fully saturated rings. The first-order valence-electron chi connectivity index (χ1n) is 13.3. The third kappa shape index (κ3) is 5.53. The van der Waals surface area contributed by atoms with Gasteiger partial charge in [-0.25, -0.2) is 24.1 Å². The summed E-state index contributed by atoms with van der Waals surface area (Å²) in [7, 11) is 3.31. The number of pyridine rings is 1. The van der Waals surface area contributed by atoms with Crippen LogP contribution in [0.25, 0.3) is 33.4 Å². The van der Waals surface area contributed by atoms with Crippen molar-refractivity contribution in [3.63, 3.8) is 0 Å². The van der Waals surface area contributed by atoms with E-state index in [4.69, 9.17) is 4.98 Å². The van der Waals surface area contributed by atoms with Crippen LogP contribution in [0.15, 0.2) is 65.7 Å². The lowest BCUT2D eigenvalue weighted by Crippen LogP contribution is -2.23. The summed E-state index contributed by atoms with van der Waals surface area (Å²) >= 11 is 0. The molecule has 0 saturated carbocycles. The highest BCUT2D eigenvalue weighted by molar-refractivity contribution is 6.02. The van der Waals surface area contributed by atoms with E-state index in [-0.39, 0.29) is 16.7 Å². The van der Waals surface area contributed by atoms with Crippen LogP contribution in [-0.4, -0.2) is 37.6 Å². The number of fused-ring (bicyclic) bond motifs is 1. The normalized spacial score (nSPS) is 11.4. The van der Waals surface area contributed by atoms with Crippen molar-refractivity contribution in [2.75, 3.05) is 23.0 Å². The standard InChI is InChI=1S/C31H31FN8O2/c1-17-12-22(32)23(14-20(17)21-13-19-15-35-29(33-5)39-26(19)40(6)27(21)41)36-30(42)37-24-16-34-28(31(2,3)4)38-25(24)18-10-8-7-9-11-18/h7-16H,1-6H3,(H,33,35,39)(H2,36,37,42). The molecule has 3 heterocycles. The maximum absolute atomic E-state index is 15.1. The SMILES string of the molecule is CNc1ncc2cc(-c3cc(NC(=O)Nc4cnc(C(C)(C)C)nc4-c4ccccc4)c(F)cc3C)c(=O)n(C)c2n1. The van der Waals surface area contributed by atoms with Crippen molar-refractivity contribution in [3.05, 3.63) is 88.5 Å². The molecule has 10 nitrogen and oxygen atoms in total. The van der Waals surface area contributed by atoms with Gasteiger partial charge in [-0.1, -0.05) is 51.1 Å². The summed E-state index contributed by atoms with van der Waals surface area (Å²) in [6.07, 6.45) is 3.16. The third-order valence-corrected chi connectivity index (χ3v) is 6.78. The number of rotatable bonds is 5. The molecule has 5 aromatic rings. The van der Waals surface area contributed by atoms with Crippen LogP contribution >= 0.6 is 0 Å². The molecule has 2 amide bonds. The zero-order chi connectivity index (χ0) is 30.2. The van der Waals surface area contributed by atoms with Gasteiger partial charge in [0.1, 0.15) is 17.3 Å². The maximum Gasteiger partial charge on any atom is 0.323 e. The van der Waals surface area contributed by atoms with E-state index < -0.39 is 11.8 Å². The monoisotopic (exact) mass is 566 g/mol. The second kappa shape index (κ2) is 11.0. The Morgan fingerprint density at radius 3 is 2.33 bits per heavy atom. The average molecular weight is 567 g/mol. The smallest absolute Gasteiger partial charge is 0.323 e. The number of nitrogens with one attached hydrogen (secondary N) is 3. The molecule has 0 saturated heterocycles. The fraction of sp³-hybridized carbons (Fsp3) is 0.226. The number of amides is 2. The Kier molecular flexibility index (Phi) is 7.42. The average Bonchev–Trinajstić information content (AvgIpc) is 2.96. The van der Waals surface area contributed by atoms with Crippen molar-refractivity contribution in [1.82, 2.24) is 24.5 Å². The number of carbonyl (C=O) groups excluding carboxylic acids is 1. The van der Waals surface area contributed by atoms with Crippen LogP contribution < -0.4 is 21.5 Å². The second-order valence-corrected chi connectivity index (χ2v) is 10.9. The summed E-state index contributed by atoms with van der Waals surface area (Å²) in [6.45, 7) is 7.71. The number of hydrogen-bond acceptors (Lipinski definition) is 7. The Balaban J connectivity index is 1.49. The van der Waals surface area contributed by atoms with Crippen LogP contribution in [-0.2, 0) is 12.5 Å². The van der Waals surface area contributed by atoms with Crippen molar-refractivity contribution in [2.24, 2.45) is 7.05 Å². The topological polar surface area (TPSA) is 127 Å². The van der Waals surface area contributed by atoms with Gasteiger partial charge in [0.05, 0.1) is 23.3 Å². The molecule has 5 rings (SSSR count). The molecule has 0 bridgehead atoms. The second-order valence-electron chi connectivity index (χ2n) is 10.9. The molecule has 3 aromatic heterocycles.